The van der Waals surface area contributed by atoms with Gasteiger partial charge in [0, 0.05) is 18.1 Å². The minimum absolute atomic E-state index is 0. The predicted molar refractivity (Wildman–Crippen MR) is 81.0 cm³/mol. The number of halogens is 3. The van der Waals surface area contributed by atoms with Crippen LogP contribution in [0.25, 0.3) is 0 Å². The quantitative estimate of drug-likeness (QED) is 0.930. The third-order valence-electron chi connectivity index (χ3n) is 3.54. The average Bonchev–Trinajstić information content (AvgIpc) is 2.41. The molecule has 1 aliphatic rings. The van der Waals surface area contributed by atoms with E-state index in [1.165, 1.54) is 18.2 Å². The summed E-state index contributed by atoms with van der Waals surface area (Å²) < 4.78 is 13.7. The van der Waals surface area contributed by atoms with Crippen LogP contribution in [0.1, 0.15) is 29.6 Å². The Bertz CT molecular complexity index is 468. The van der Waals surface area contributed by atoms with Crippen LogP contribution in [-0.2, 0) is 0 Å². The summed E-state index contributed by atoms with van der Waals surface area (Å²) in [5.41, 5.74) is 5.61. The second-order valence-corrected chi connectivity index (χ2v) is 5.40. The fourth-order valence-electron chi connectivity index (χ4n) is 2.55. The van der Waals surface area contributed by atoms with E-state index in [1.54, 1.807) is 4.90 Å². The van der Waals surface area contributed by atoms with Gasteiger partial charge in [-0.15, -0.1) is 12.4 Å². The van der Waals surface area contributed by atoms with E-state index in [9.17, 15) is 9.18 Å². The van der Waals surface area contributed by atoms with E-state index in [0.29, 0.717) is 30.6 Å². The number of carbonyl (C=O) groups is 1. The first kappa shape index (κ1) is 17.2. The lowest BCUT2D eigenvalue weighted by atomic mass is 9.94. The molecule has 112 valence electrons. The predicted octanol–water partition coefficient (Wildman–Crippen LogP) is 3.10. The molecule has 1 aliphatic heterocycles. The molecule has 1 aromatic carbocycles. The van der Waals surface area contributed by atoms with Gasteiger partial charge in [0.25, 0.3) is 5.91 Å². The topological polar surface area (TPSA) is 46.3 Å². The number of rotatable bonds is 3. The van der Waals surface area contributed by atoms with Crippen molar-refractivity contribution in [3.63, 3.8) is 0 Å². The van der Waals surface area contributed by atoms with Crippen LogP contribution in [0.15, 0.2) is 18.2 Å². The van der Waals surface area contributed by atoms with E-state index in [4.69, 9.17) is 17.3 Å². The first-order valence-electron chi connectivity index (χ1n) is 6.56. The highest BCUT2D eigenvalue weighted by Gasteiger charge is 2.25. The number of nitrogens with zero attached hydrogens (tertiary/aromatic N) is 1. The number of amides is 1. The van der Waals surface area contributed by atoms with Gasteiger partial charge in [-0.25, -0.2) is 4.39 Å². The minimum Gasteiger partial charge on any atom is -0.338 e. The summed E-state index contributed by atoms with van der Waals surface area (Å²) in [5, 5.41) is 0.375. The maximum absolute atomic E-state index is 13.7. The van der Waals surface area contributed by atoms with Gasteiger partial charge in [0.1, 0.15) is 5.82 Å². The number of likely N-dealkylation sites (tertiary alicyclic amines) is 1. The molecule has 1 fully saturated rings. The Morgan fingerprint density at radius 3 is 2.95 bits per heavy atom. The van der Waals surface area contributed by atoms with Crippen molar-refractivity contribution in [1.82, 2.24) is 4.90 Å². The normalized spacial score (nSPS) is 18.6. The summed E-state index contributed by atoms with van der Waals surface area (Å²) in [7, 11) is 0. The van der Waals surface area contributed by atoms with E-state index in [2.05, 4.69) is 0 Å². The lowest BCUT2D eigenvalue weighted by Crippen LogP contribution is -2.40. The van der Waals surface area contributed by atoms with Crippen LogP contribution in [-0.4, -0.2) is 30.4 Å². The molecule has 0 spiro atoms. The second kappa shape index (κ2) is 7.81. The van der Waals surface area contributed by atoms with Crippen molar-refractivity contribution < 1.29 is 9.18 Å². The zero-order valence-corrected chi connectivity index (χ0v) is 12.7. The summed E-state index contributed by atoms with van der Waals surface area (Å²) in [4.78, 5) is 14.0. The highest BCUT2D eigenvalue weighted by Crippen LogP contribution is 2.23. The van der Waals surface area contributed by atoms with E-state index >= 15 is 0 Å². The Balaban J connectivity index is 0.00000200. The molecule has 1 atom stereocenters. The fraction of sp³-hybridized carbons (Fsp3) is 0.500. The highest BCUT2D eigenvalue weighted by molar-refractivity contribution is 6.31. The van der Waals surface area contributed by atoms with Gasteiger partial charge in [-0.3, -0.25) is 4.79 Å². The van der Waals surface area contributed by atoms with Gasteiger partial charge in [-0.05, 0) is 49.9 Å². The molecule has 1 aromatic rings. The van der Waals surface area contributed by atoms with Gasteiger partial charge in [-0.2, -0.15) is 0 Å². The number of piperidine rings is 1. The maximum Gasteiger partial charge on any atom is 0.256 e. The van der Waals surface area contributed by atoms with Crippen LogP contribution in [0.4, 0.5) is 4.39 Å². The van der Waals surface area contributed by atoms with Crippen molar-refractivity contribution in [2.75, 3.05) is 19.6 Å². The zero-order valence-electron chi connectivity index (χ0n) is 11.1. The van der Waals surface area contributed by atoms with E-state index in [0.717, 1.165) is 19.3 Å². The monoisotopic (exact) mass is 320 g/mol. The van der Waals surface area contributed by atoms with E-state index in [-0.39, 0.29) is 23.9 Å². The van der Waals surface area contributed by atoms with Crippen molar-refractivity contribution in [3.05, 3.63) is 34.6 Å². The number of benzene rings is 1. The van der Waals surface area contributed by atoms with Gasteiger partial charge >= 0.3 is 0 Å². The lowest BCUT2D eigenvalue weighted by Gasteiger charge is -2.32. The summed E-state index contributed by atoms with van der Waals surface area (Å²) in [5.74, 6) is -0.373. The summed E-state index contributed by atoms with van der Waals surface area (Å²) in [6.45, 7) is 1.95. The zero-order chi connectivity index (χ0) is 13.8. The van der Waals surface area contributed by atoms with Gasteiger partial charge in [-0.1, -0.05) is 11.6 Å². The maximum atomic E-state index is 13.7. The largest absolute Gasteiger partial charge is 0.338 e. The molecule has 0 saturated carbocycles. The molecule has 20 heavy (non-hydrogen) atoms. The van der Waals surface area contributed by atoms with Crippen LogP contribution >= 0.6 is 24.0 Å². The first-order chi connectivity index (χ1) is 9.11. The van der Waals surface area contributed by atoms with Crippen LogP contribution < -0.4 is 5.73 Å². The average molecular weight is 321 g/mol. The molecule has 0 radical (unpaired) electrons. The van der Waals surface area contributed by atoms with Gasteiger partial charge < -0.3 is 10.6 Å². The molecule has 2 N–H and O–H groups in total. The summed E-state index contributed by atoms with van der Waals surface area (Å²) in [6.07, 6.45) is 2.93. The number of hydrogen-bond acceptors (Lipinski definition) is 2. The van der Waals surface area contributed by atoms with Crippen molar-refractivity contribution in [1.29, 1.82) is 0 Å². The standard InChI is InChI=1S/C14H18ClFN2O.ClH/c15-11-3-4-13(16)12(8-11)14(19)18-7-1-2-10(9-18)5-6-17;/h3-4,8,10H,1-2,5-7,9,17H2;1H. The third kappa shape index (κ3) is 4.08. The van der Waals surface area contributed by atoms with Gasteiger partial charge in [0.2, 0.25) is 0 Å². The molecule has 3 nitrogen and oxygen atoms in total. The molecular formula is C14H19Cl2FN2O. The molecule has 0 aliphatic carbocycles. The van der Waals surface area contributed by atoms with Crippen LogP contribution in [0.2, 0.25) is 5.02 Å². The molecule has 6 heteroatoms. The lowest BCUT2D eigenvalue weighted by molar-refractivity contribution is 0.0665. The first-order valence-corrected chi connectivity index (χ1v) is 6.94. The van der Waals surface area contributed by atoms with Crippen LogP contribution in [0, 0.1) is 11.7 Å². The Morgan fingerprint density at radius 1 is 1.50 bits per heavy atom. The molecule has 1 amide bonds. The molecular weight excluding hydrogens is 302 g/mol. The smallest absolute Gasteiger partial charge is 0.256 e. The second-order valence-electron chi connectivity index (χ2n) is 4.96. The van der Waals surface area contributed by atoms with Crippen molar-refractivity contribution in [2.24, 2.45) is 11.7 Å². The molecule has 1 unspecified atom stereocenters. The summed E-state index contributed by atoms with van der Waals surface area (Å²) in [6, 6.07) is 4.07. The number of hydrogen-bond donors (Lipinski definition) is 1. The molecule has 0 aromatic heterocycles. The van der Waals surface area contributed by atoms with Crippen molar-refractivity contribution in [3.8, 4) is 0 Å². The van der Waals surface area contributed by atoms with Gasteiger partial charge in [0.15, 0.2) is 0 Å². The van der Waals surface area contributed by atoms with E-state index < -0.39 is 5.82 Å². The highest BCUT2D eigenvalue weighted by atomic mass is 35.5. The summed E-state index contributed by atoms with van der Waals surface area (Å²) >= 11 is 5.82. The number of carbonyl (C=O) groups excluding carboxylic acids is 1. The fourth-order valence-corrected chi connectivity index (χ4v) is 2.72. The SMILES string of the molecule is Cl.NCCC1CCCN(C(=O)c2cc(Cl)ccc2F)C1. The molecule has 2 rings (SSSR count). The molecule has 0 bridgehead atoms. The Labute approximate surface area is 129 Å². The molecule has 1 saturated heterocycles. The van der Waals surface area contributed by atoms with Crippen molar-refractivity contribution >= 4 is 29.9 Å². The van der Waals surface area contributed by atoms with Crippen LogP contribution in [0.5, 0.6) is 0 Å². The Hall–Kier alpha value is -0.840. The van der Waals surface area contributed by atoms with Crippen LogP contribution in [0.3, 0.4) is 0 Å². The van der Waals surface area contributed by atoms with Gasteiger partial charge in [0.05, 0.1) is 5.56 Å². The number of nitrogens with two attached hydrogens (primary N) is 1. The minimum atomic E-state index is -0.518. The van der Waals surface area contributed by atoms with E-state index in [1.807, 2.05) is 0 Å². The molecule has 1 heterocycles. The Morgan fingerprint density at radius 2 is 2.25 bits per heavy atom. The van der Waals surface area contributed by atoms with Crippen molar-refractivity contribution in [2.45, 2.75) is 19.3 Å². The Kier molecular flexibility index (Phi) is 6.72. The third-order valence-corrected chi connectivity index (χ3v) is 3.78.